The van der Waals surface area contributed by atoms with Crippen molar-refractivity contribution in [3.63, 3.8) is 0 Å². The van der Waals surface area contributed by atoms with Gasteiger partial charge in [-0.05, 0) is 12.1 Å². The van der Waals surface area contributed by atoms with Gasteiger partial charge in [0.2, 0.25) is 5.76 Å². The van der Waals surface area contributed by atoms with Gasteiger partial charge in [0, 0.05) is 39.3 Å². The van der Waals surface area contributed by atoms with E-state index in [1.165, 1.54) is 6.20 Å². The highest BCUT2D eigenvalue weighted by Gasteiger charge is 2.24. The number of anilines is 1. The smallest absolute Gasteiger partial charge is 0.291 e. The molecule has 1 aliphatic rings. The summed E-state index contributed by atoms with van der Waals surface area (Å²) in [6.07, 6.45) is 3.27. The summed E-state index contributed by atoms with van der Waals surface area (Å²) >= 11 is 0. The highest BCUT2D eigenvalue weighted by Crippen LogP contribution is 2.14. The lowest BCUT2D eigenvalue weighted by atomic mass is 10.3. The number of aromatic nitrogens is 2. The monoisotopic (exact) mass is 272 g/mol. The fourth-order valence-electron chi connectivity index (χ4n) is 2.30. The molecule has 1 fully saturated rings. The Balaban J connectivity index is 1.63. The molecule has 0 aliphatic carbocycles. The van der Waals surface area contributed by atoms with Crippen molar-refractivity contribution >= 4 is 11.7 Å². The van der Waals surface area contributed by atoms with E-state index < -0.39 is 0 Å². The predicted molar refractivity (Wildman–Crippen MR) is 73.6 cm³/mol. The van der Waals surface area contributed by atoms with Crippen LogP contribution in [0.5, 0.6) is 0 Å². The normalized spacial score (nSPS) is 15.4. The average Bonchev–Trinajstić information content (AvgIpc) is 2.94. The number of rotatable bonds is 2. The van der Waals surface area contributed by atoms with Crippen molar-refractivity contribution in [1.82, 2.24) is 14.9 Å². The molecular weight excluding hydrogens is 256 g/mol. The Morgan fingerprint density at radius 1 is 1.20 bits per heavy atom. The first-order valence-electron chi connectivity index (χ1n) is 6.62. The number of hydrogen-bond acceptors (Lipinski definition) is 5. The van der Waals surface area contributed by atoms with Gasteiger partial charge in [-0.3, -0.25) is 4.79 Å². The summed E-state index contributed by atoms with van der Waals surface area (Å²) in [5.74, 6) is 1.69. The molecule has 0 atom stereocenters. The molecule has 0 radical (unpaired) electrons. The zero-order valence-electron chi connectivity index (χ0n) is 11.3. The molecule has 0 unspecified atom stereocenters. The van der Waals surface area contributed by atoms with Crippen LogP contribution in [0.25, 0.3) is 0 Å². The summed E-state index contributed by atoms with van der Waals surface area (Å²) in [7, 11) is 0. The van der Waals surface area contributed by atoms with Crippen molar-refractivity contribution in [2.45, 2.75) is 6.92 Å². The maximum absolute atomic E-state index is 12.2. The molecule has 0 spiro atoms. The number of oxazole rings is 1. The van der Waals surface area contributed by atoms with Crippen LogP contribution in [0.15, 0.2) is 35.0 Å². The first kappa shape index (κ1) is 12.7. The van der Waals surface area contributed by atoms with E-state index in [0.717, 1.165) is 18.9 Å². The Hall–Kier alpha value is -2.37. The number of piperazine rings is 1. The Kier molecular flexibility index (Phi) is 3.37. The molecule has 0 saturated carbocycles. The molecule has 6 heteroatoms. The van der Waals surface area contributed by atoms with Crippen LogP contribution in [0.3, 0.4) is 0 Å². The number of carbonyl (C=O) groups is 1. The van der Waals surface area contributed by atoms with Gasteiger partial charge in [0.15, 0.2) is 5.89 Å². The fourth-order valence-corrected chi connectivity index (χ4v) is 2.30. The predicted octanol–water partition coefficient (Wildman–Crippen LogP) is 1.34. The van der Waals surface area contributed by atoms with Crippen LogP contribution >= 0.6 is 0 Å². The quantitative estimate of drug-likeness (QED) is 0.825. The molecule has 6 nitrogen and oxygen atoms in total. The molecular formula is C14H16N4O2. The van der Waals surface area contributed by atoms with Gasteiger partial charge in [0.05, 0.1) is 6.20 Å². The molecule has 104 valence electrons. The summed E-state index contributed by atoms with van der Waals surface area (Å²) in [5.41, 5.74) is 0. The average molecular weight is 272 g/mol. The lowest BCUT2D eigenvalue weighted by molar-refractivity contribution is 0.0713. The number of amides is 1. The third-order valence-corrected chi connectivity index (χ3v) is 3.37. The number of aryl methyl sites for hydroxylation is 1. The van der Waals surface area contributed by atoms with Crippen LogP contribution in [0.4, 0.5) is 5.82 Å². The van der Waals surface area contributed by atoms with Crippen molar-refractivity contribution < 1.29 is 9.21 Å². The lowest BCUT2D eigenvalue weighted by Crippen LogP contribution is -2.49. The SMILES string of the molecule is Cc1ncc(C(=O)N2CCN(c3ccccn3)CC2)o1. The molecule has 1 saturated heterocycles. The van der Waals surface area contributed by atoms with E-state index in [1.54, 1.807) is 18.0 Å². The van der Waals surface area contributed by atoms with Crippen molar-refractivity contribution in [2.75, 3.05) is 31.1 Å². The Labute approximate surface area is 117 Å². The number of hydrogen-bond donors (Lipinski definition) is 0. The van der Waals surface area contributed by atoms with Crippen molar-refractivity contribution in [3.05, 3.63) is 42.2 Å². The largest absolute Gasteiger partial charge is 0.436 e. The minimum Gasteiger partial charge on any atom is -0.436 e. The van der Waals surface area contributed by atoms with Crippen LogP contribution in [0.1, 0.15) is 16.4 Å². The van der Waals surface area contributed by atoms with Gasteiger partial charge in [-0.1, -0.05) is 6.07 Å². The van der Waals surface area contributed by atoms with Crippen LogP contribution in [0.2, 0.25) is 0 Å². The van der Waals surface area contributed by atoms with Gasteiger partial charge < -0.3 is 14.2 Å². The molecule has 0 bridgehead atoms. The molecule has 3 rings (SSSR count). The van der Waals surface area contributed by atoms with Gasteiger partial charge in [-0.25, -0.2) is 9.97 Å². The Morgan fingerprint density at radius 3 is 2.60 bits per heavy atom. The molecule has 0 N–H and O–H groups in total. The van der Waals surface area contributed by atoms with E-state index in [1.807, 2.05) is 18.2 Å². The van der Waals surface area contributed by atoms with E-state index in [9.17, 15) is 4.79 Å². The minimum atomic E-state index is -0.0914. The van der Waals surface area contributed by atoms with E-state index in [4.69, 9.17) is 4.42 Å². The van der Waals surface area contributed by atoms with Crippen LogP contribution in [0, 0.1) is 6.92 Å². The molecule has 1 amide bonds. The van der Waals surface area contributed by atoms with E-state index in [-0.39, 0.29) is 5.91 Å². The molecule has 3 heterocycles. The number of nitrogens with zero attached hydrogens (tertiary/aromatic N) is 4. The van der Waals surface area contributed by atoms with E-state index in [2.05, 4.69) is 14.9 Å². The summed E-state index contributed by atoms with van der Waals surface area (Å²) in [6.45, 7) is 4.60. The van der Waals surface area contributed by atoms with Crippen LogP contribution in [-0.4, -0.2) is 47.0 Å². The Bertz CT molecular complexity index is 588. The number of carbonyl (C=O) groups excluding carboxylic acids is 1. The second-order valence-electron chi connectivity index (χ2n) is 4.71. The van der Waals surface area contributed by atoms with Gasteiger partial charge in [-0.2, -0.15) is 0 Å². The maximum atomic E-state index is 12.2. The summed E-state index contributed by atoms with van der Waals surface area (Å²) in [5, 5.41) is 0. The molecule has 2 aromatic heterocycles. The van der Waals surface area contributed by atoms with Crippen molar-refractivity contribution in [3.8, 4) is 0 Å². The summed E-state index contributed by atoms with van der Waals surface area (Å²) in [4.78, 5) is 24.5. The van der Waals surface area contributed by atoms with Crippen molar-refractivity contribution in [2.24, 2.45) is 0 Å². The minimum absolute atomic E-state index is 0.0914. The number of pyridine rings is 1. The zero-order valence-corrected chi connectivity index (χ0v) is 11.3. The second-order valence-corrected chi connectivity index (χ2v) is 4.71. The van der Waals surface area contributed by atoms with E-state index in [0.29, 0.717) is 24.7 Å². The lowest BCUT2D eigenvalue weighted by Gasteiger charge is -2.34. The highest BCUT2D eigenvalue weighted by atomic mass is 16.4. The van der Waals surface area contributed by atoms with Crippen molar-refractivity contribution in [1.29, 1.82) is 0 Å². The highest BCUT2D eigenvalue weighted by molar-refractivity contribution is 5.91. The van der Waals surface area contributed by atoms with Gasteiger partial charge in [-0.15, -0.1) is 0 Å². The molecule has 2 aromatic rings. The Morgan fingerprint density at radius 2 is 2.00 bits per heavy atom. The van der Waals surface area contributed by atoms with Crippen LogP contribution in [-0.2, 0) is 0 Å². The third-order valence-electron chi connectivity index (χ3n) is 3.37. The first-order valence-corrected chi connectivity index (χ1v) is 6.62. The molecule has 20 heavy (non-hydrogen) atoms. The zero-order chi connectivity index (χ0) is 13.9. The molecule has 1 aliphatic heterocycles. The second kappa shape index (κ2) is 5.32. The van der Waals surface area contributed by atoms with Crippen LogP contribution < -0.4 is 4.90 Å². The molecule has 0 aromatic carbocycles. The third kappa shape index (κ3) is 2.49. The fraction of sp³-hybridized carbons (Fsp3) is 0.357. The first-order chi connectivity index (χ1) is 9.74. The topological polar surface area (TPSA) is 62.5 Å². The van der Waals surface area contributed by atoms with Gasteiger partial charge in [0.25, 0.3) is 5.91 Å². The summed E-state index contributed by atoms with van der Waals surface area (Å²) < 4.78 is 5.28. The standard InChI is InChI=1S/C14H16N4O2/c1-11-16-10-12(20-11)14(19)18-8-6-17(7-9-18)13-4-2-3-5-15-13/h2-5,10H,6-9H2,1H3. The van der Waals surface area contributed by atoms with E-state index >= 15 is 0 Å². The summed E-state index contributed by atoms with van der Waals surface area (Å²) in [6, 6.07) is 5.85. The maximum Gasteiger partial charge on any atom is 0.291 e. The van der Waals surface area contributed by atoms with Gasteiger partial charge in [0.1, 0.15) is 5.82 Å². The van der Waals surface area contributed by atoms with Gasteiger partial charge >= 0.3 is 0 Å².